The Morgan fingerprint density at radius 1 is 1.30 bits per heavy atom. The number of ether oxygens (including phenoxy) is 1. The second-order valence-corrected chi connectivity index (χ2v) is 6.86. The standard InChI is InChI=1S/C19H28N2O2/c1-15-13-17(7-10-20-15)19(22)21(18-9-12-23-14-18)11-8-16-5-3-2-4-6-16/h2-6,15,17-18,20H,7-14H2,1H3/t15-,17-,18?/m0/s1. The van der Waals surface area contributed by atoms with E-state index in [1.165, 1.54) is 5.56 Å². The number of nitrogens with one attached hydrogen (secondary N) is 1. The maximum absolute atomic E-state index is 13.1. The van der Waals surface area contributed by atoms with Gasteiger partial charge in [-0.05, 0) is 44.7 Å². The van der Waals surface area contributed by atoms with Gasteiger partial charge in [-0.3, -0.25) is 4.79 Å². The van der Waals surface area contributed by atoms with Gasteiger partial charge in [-0.15, -0.1) is 0 Å². The molecule has 2 aliphatic heterocycles. The van der Waals surface area contributed by atoms with Crippen LogP contribution >= 0.6 is 0 Å². The molecule has 2 saturated heterocycles. The van der Waals surface area contributed by atoms with Gasteiger partial charge in [0.25, 0.3) is 0 Å². The zero-order valence-electron chi connectivity index (χ0n) is 14.0. The zero-order chi connectivity index (χ0) is 16.1. The average molecular weight is 316 g/mol. The first-order chi connectivity index (χ1) is 11.2. The van der Waals surface area contributed by atoms with Gasteiger partial charge in [-0.2, -0.15) is 0 Å². The Morgan fingerprint density at radius 3 is 2.83 bits per heavy atom. The van der Waals surface area contributed by atoms with Crippen molar-refractivity contribution in [3.63, 3.8) is 0 Å². The lowest BCUT2D eigenvalue weighted by atomic mass is 9.91. The molecule has 0 aliphatic carbocycles. The molecule has 3 rings (SSSR count). The minimum absolute atomic E-state index is 0.169. The molecule has 1 amide bonds. The van der Waals surface area contributed by atoms with Gasteiger partial charge in [-0.1, -0.05) is 30.3 Å². The predicted molar refractivity (Wildman–Crippen MR) is 91.3 cm³/mol. The topological polar surface area (TPSA) is 41.6 Å². The number of hydrogen-bond acceptors (Lipinski definition) is 3. The number of nitrogens with zero attached hydrogens (tertiary/aromatic N) is 1. The molecule has 126 valence electrons. The summed E-state index contributed by atoms with van der Waals surface area (Å²) in [4.78, 5) is 15.2. The highest BCUT2D eigenvalue weighted by atomic mass is 16.5. The lowest BCUT2D eigenvalue weighted by molar-refractivity contribution is -0.139. The molecular formula is C19H28N2O2. The van der Waals surface area contributed by atoms with E-state index in [0.29, 0.717) is 18.6 Å². The quantitative estimate of drug-likeness (QED) is 0.906. The molecule has 3 atom stereocenters. The highest BCUT2D eigenvalue weighted by molar-refractivity contribution is 5.79. The molecule has 0 spiro atoms. The number of rotatable bonds is 5. The van der Waals surface area contributed by atoms with Crippen molar-refractivity contribution >= 4 is 5.91 Å². The lowest BCUT2D eigenvalue weighted by Crippen LogP contribution is -2.48. The summed E-state index contributed by atoms with van der Waals surface area (Å²) in [6, 6.07) is 11.1. The average Bonchev–Trinajstić information content (AvgIpc) is 3.10. The Hall–Kier alpha value is -1.39. The van der Waals surface area contributed by atoms with Crippen LogP contribution < -0.4 is 5.32 Å². The monoisotopic (exact) mass is 316 g/mol. The van der Waals surface area contributed by atoms with E-state index in [9.17, 15) is 4.79 Å². The van der Waals surface area contributed by atoms with Crippen LogP contribution in [0, 0.1) is 5.92 Å². The molecular weight excluding hydrogens is 288 g/mol. The van der Waals surface area contributed by atoms with E-state index in [0.717, 1.165) is 45.4 Å². The smallest absolute Gasteiger partial charge is 0.226 e. The summed E-state index contributed by atoms with van der Waals surface area (Å²) in [5.41, 5.74) is 1.29. The first-order valence-electron chi connectivity index (χ1n) is 8.89. The predicted octanol–water partition coefficient (Wildman–Crippen LogP) is 2.23. The van der Waals surface area contributed by atoms with Crippen LogP contribution in [0.5, 0.6) is 0 Å². The molecule has 1 N–H and O–H groups in total. The number of carbonyl (C=O) groups is 1. The van der Waals surface area contributed by atoms with Crippen LogP contribution in [-0.2, 0) is 16.0 Å². The number of amides is 1. The van der Waals surface area contributed by atoms with Crippen molar-refractivity contribution in [2.45, 2.75) is 44.7 Å². The van der Waals surface area contributed by atoms with Crippen molar-refractivity contribution in [2.24, 2.45) is 5.92 Å². The van der Waals surface area contributed by atoms with E-state index in [1.54, 1.807) is 0 Å². The van der Waals surface area contributed by atoms with Gasteiger partial charge in [0.15, 0.2) is 0 Å². The van der Waals surface area contributed by atoms with Crippen LogP contribution in [0.4, 0.5) is 0 Å². The molecule has 1 aromatic rings. The Labute approximate surface area is 139 Å². The zero-order valence-corrected chi connectivity index (χ0v) is 14.0. The summed E-state index contributed by atoms with van der Waals surface area (Å²) >= 11 is 0. The Kier molecular flexibility index (Phi) is 5.68. The molecule has 0 radical (unpaired) electrons. The van der Waals surface area contributed by atoms with Crippen molar-refractivity contribution in [1.82, 2.24) is 10.2 Å². The largest absolute Gasteiger partial charge is 0.379 e. The second-order valence-electron chi connectivity index (χ2n) is 6.86. The molecule has 1 unspecified atom stereocenters. The van der Waals surface area contributed by atoms with E-state index in [4.69, 9.17) is 4.74 Å². The fourth-order valence-electron chi connectivity index (χ4n) is 3.73. The van der Waals surface area contributed by atoms with Gasteiger partial charge in [0, 0.05) is 25.1 Å². The van der Waals surface area contributed by atoms with Crippen LogP contribution in [0.15, 0.2) is 30.3 Å². The minimum Gasteiger partial charge on any atom is -0.379 e. The van der Waals surface area contributed by atoms with Crippen molar-refractivity contribution in [1.29, 1.82) is 0 Å². The SMILES string of the molecule is C[C@H]1C[C@@H](C(=O)N(CCc2ccccc2)C2CCOC2)CCN1. The molecule has 0 bridgehead atoms. The molecule has 2 heterocycles. The molecule has 2 aliphatic rings. The Morgan fingerprint density at radius 2 is 2.13 bits per heavy atom. The lowest BCUT2D eigenvalue weighted by Gasteiger charge is -2.35. The number of carbonyl (C=O) groups excluding carboxylic acids is 1. The summed E-state index contributed by atoms with van der Waals surface area (Å²) < 4.78 is 5.54. The van der Waals surface area contributed by atoms with Crippen molar-refractivity contribution in [3.05, 3.63) is 35.9 Å². The summed E-state index contributed by atoms with van der Waals surface area (Å²) in [5.74, 6) is 0.507. The van der Waals surface area contributed by atoms with Crippen LogP contribution in [0.1, 0.15) is 31.7 Å². The molecule has 1 aromatic carbocycles. The number of benzene rings is 1. The normalized spacial score (nSPS) is 27.8. The van der Waals surface area contributed by atoms with Crippen LogP contribution in [0.2, 0.25) is 0 Å². The van der Waals surface area contributed by atoms with Crippen LogP contribution in [0.3, 0.4) is 0 Å². The summed E-state index contributed by atoms with van der Waals surface area (Å²) in [6.45, 7) is 5.40. The van der Waals surface area contributed by atoms with Crippen molar-refractivity contribution in [3.8, 4) is 0 Å². The van der Waals surface area contributed by atoms with E-state index < -0.39 is 0 Å². The van der Waals surface area contributed by atoms with Gasteiger partial charge < -0.3 is 15.0 Å². The van der Waals surface area contributed by atoms with Crippen molar-refractivity contribution in [2.75, 3.05) is 26.3 Å². The van der Waals surface area contributed by atoms with E-state index in [2.05, 4.69) is 41.4 Å². The molecule has 2 fully saturated rings. The van der Waals surface area contributed by atoms with E-state index in [-0.39, 0.29) is 12.0 Å². The third kappa shape index (κ3) is 4.33. The Bertz CT molecular complexity index is 499. The fraction of sp³-hybridized carbons (Fsp3) is 0.632. The van der Waals surface area contributed by atoms with Crippen LogP contribution in [0.25, 0.3) is 0 Å². The first kappa shape index (κ1) is 16.5. The van der Waals surface area contributed by atoms with Crippen LogP contribution in [-0.4, -0.2) is 49.2 Å². The second kappa shape index (κ2) is 7.93. The highest BCUT2D eigenvalue weighted by Gasteiger charge is 2.33. The summed E-state index contributed by atoms with van der Waals surface area (Å²) in [6.07, 6.45) is 3.80. The minimum atomic E-state index is 0.169. The van der Waals surface area contributed by atoms with E-state index >= 15 is 0 Å². The maximum Gasteiger partial charge on any atom is 0.226 e. The third-order valence-electron chi connectivity index (χ3n) is 5.09. The number of hydrogen-bond donors (Lipinski definition) is 1. The van der Waals surface area contributed by atoms with Gasteiger partial charge >= 0.3 is 0 Å². The molecule has 4 heteroatoms. The molecule has 23 heavy (non-hydrogen) atoms. The summed E-state index contributed by atoms with van der Waals surface area (Å²) in [5, 5.41) is 3.44. The van der Waals surface area contributed by atoms with Gasteiger partial charge in [0.1, 0.15) is 0 Å². The number of piperidine rings is 1. The molecule has 0 saturated carbocycles. The molecule has 4 nitrogen and oxygen atoms in total. The van der Waals surface area contributed by atoms with Crippen molar-refractivity contribution < 1.29 is 9.53 Å². The van der Waals surface area contributed by atoms with Gasteiger partial charge in [0.05, 0.1) is 12.6 Å². The van der Waals surface area contributed by atoms with Gasteiger partial charge in [0.2, 0.25) is 5.91 Å². The maximum atomic E-state index is 13.1. The molecule has 0 aromatic heterocycles. The van der Waals surface area contributed by atoms with E-state index in [1.807, 2.05) is 6.07 Å². The summed E-state index contributed by atoms with van der Waals surface area (Å²) in [7, 11) is 0. The Balaban J connectivity index is 1.66. The highest BCUT2D eigenvalue weighted by Crippen LogP contribution is 2.23. The first-order valence-corrected chi connectivity index (χ1v) is 8.89. The third-order valence-corrected chi connectivity index (χ3v) is 5.09. The fourth-order valence-corrected chi connectivity index (χ4v) is 3.73. The van der Waals surface area contributed by atoms with Gasteiger partial charge in [-0.25, -0.2) is 0 Å².